The number of aliphatic carboxylic acids is 2. The number of benzene rings is 1. The van der Waals surface area contributed by atoms with E-state index in [4.69, 9.17) is 10.2 Å². The van der Waals surface area contributed by atoms with Gasteiger partial charge in [-0.3, -0.25) is 4.90 Å². The Labute approximate surface area is 193 Å². The Morgan fingerprint density at radius 1 is 1.10 bits per heavy atom. The van der Waals surface area contributed by atoms with E-state index >= 15 is 0 Å². The van der Waals surface area contributed by atoms with Crippen LogP contribution in [0.2, 0.25) is 0 Å². The molecule has 0 saturated carbocycles. The van der Waals surface area contributed by atoms with E-state index in [9.17, 15) is 14.7 Å². The molecule has 7 heteroatoms. The standard InChI is InChI=1S/C20H28BrNO.C4H4O4/c1-5-13-22(4)15-17(3)8-6-7-16(2)14-20(23)18-9-11-19(21)12-10-18;5-3(6)1-2-4(7)8/h5,8-12,14,20,23H,1,6-7,13,15H2,2-4H3;1-2H,(H,5,6)(H,7,8). The number of hydrogen-bond donors (Lipinski definition) is 3. The summed E-state index contributed by atoms with van der Waals surface area (Å²) in [6.07, 6.45) is 8.69. The molecule has 31 heavy (non-hydrogen) atoms. The molecule has 0 fully saturated rings. The highest BCUT2D eigenvalue weighted by atomic mass is 79.9. The molecule has 0 amide bonds. The van der Waals surface area contributed by atoms with Crippen molar-refractivity contribution in [3.05, 3.63) is 82.4 Å². The minimum Gasteiger partial charge on any atom is -0.478 e. The van der Waals surface area contributed by atoms with E-state index in [0.717, 1.165) is 36.0 Å². The molecule has 0 aromatic heterocycles. The predicted octanol–water partition coefficient (Wildman–Crippen LogP) is 4.98. The molecule has 1 atom stereocenters. The Balaban J connectivity index is 0.000000954. The molecule has 1 aromatic rings. The van der Waals surface area contributed by atoms with Gasteiger partial charge in [-0.2, -0.15) is 0 Å². The van der Waals surface area contributed by atoms with Gasteiger partial charge in [-0.1, -0.05) is 57.4 Å². The molecule has 1 unspecified atom stereocenters. The second-order valence-corrected chi connectivity index (χ2v) is 8.01. The van der Waals surface area contributed by atoms with Gasteiger partial charge in [-0.25, -0.2) is 9.59 Å². The van der Waals surface area contributed by atoms with Crippen LogP contribution in [0.1, 0.15) is 38.4 Å². The summed E-state index contributed by atoms with van der Waals surface area (Å²) in [7, 11) is 2.10. The first-order valence-corrected chi connectivity index (χ1v) is 10.5. The summed E-state index contributed by atoms with van der Waals surface area (Å²) >= 11 is 3.41. The molecule has 6 nitrogen and oxygen atoms in total. The summed E-state index contributed by atoms with van der Waals surface area (Å²) in [5.74, 6) is -2.51. The third-order valence-corrected chi connectivity index (χ3v) is 4.54. The highest BCUT2D eigenvalue weighted by molar-refractivity contribution is 9.10. The van der Waals surface area contributed by atoms with Gasteiger partial charge < -0.3 is 15.3 Å². The van der Waals surface area contributed by atoms with Crippen molar-refractivity contribution in [1.29, 1.82) is 0 Å². The third-order valence-electron chi connectivity index (χ3n) is 4.01. The maximum Gasteiger partial charge on any atom is 0.328 e. The van der Waals surface area contributed by atoms with Crippen molar-refractivity contribution in [2.24, 2.45) is 0 Å². The van der Waals surface area contributed by atoms with Crippen molar-refractivity contribution in [3.8, 4) is 0 Å². The van der Waals surface area contributed by atoms with Crippen LogP contribution in [-0.4, -0.2) is 52.3 Å². The summed E-state index contributed by atoms with van der Waals surface area (Å²) in [6.45, 7) is 9.87. The fraction of sp³-hybridized carbons (Fsp3) is 0.333. The Morgan fingerprint density at radius 2 is 1.65 bits per heavy atom. The number of hydrogen-bond acceptors (Lipinski definition) is 4. The fourth-order valence-corrected chi connectivity index (χ4v) is 2.84. The number of rotatable bonds is 11. The molecule has 0 aliphatic carbocycles. The van der Waals surface area contributed by atoms with E-state index in [1.165, 1.54) is 11.1 Å². The normalized spacial score (nSPS) is 13.0. The van der Waals surface area contributed by atoms with Gasteiger partial charge in [0.05, 0.1) is 6.10 Å². The minimum atomic E-state index is -1.26. The summed E-state index contributed by atoms with van der Waals surface area (Å²) < 4.78 is 1.02. The first-order valence-electron chi connectivity index (χ1n) is 9.75. The monoisotopic (exact) mass is 493 g/mol. The van der Waals surface area contributed by atoms with Gasteiger partial charge >= 0.3 is 11.9 Å². The average molecular weight is 494 g/mol. The van der Waals surface area contributed by atoms with Gasteiger partial charge in [0.2, 0.25) is 0 Å². The third kappa shape index (κ3) is 16.0. The Hall–Kier alpha value is -2.48. The predicted molar refractivity (Wildman–Crippen MR) is 128 cm³/mol. The maximum atomic E-state index is 10.2. The average Bonchev–Trinajstić information content (AvgIpc) is 2.67. The van der Waals surface area contributed by atoms with Crippen LogP contribution in [0.5, 0.6) is 0 Å². The molecule has 0 saturated heterocycles. The number of allylic oxidation sites excluding steroid dienone is 2. The minimum absolute atomic E-state index is 0.535. The number of carboxylic acids is 2. The van der Waals surface area contributed by atoms with Gasteiger partial charge in [-0.05, 0) is 51.4 Å². The van der Waals surface area contributed by atoms with E-state index in [1.54, 1.807) is 0 Å². The lowest BCUT2D eigenvalue weighted by atomic mass is 10.0. The lowest BCUT2D eigenvalue weighted by molar-refractivity contribution is -0.134. The lowest BCUT2D eigenvalue weighted by Crippen LogP contribution is -2.20. The molecule has 3 N–H and O–H groups in total. The molecule has 0 aliphatic heterocycles. The number of likely N-dealkylation sites (N-methyl/N-ethyl adjacent to an activating group) is 1. The van der Waals surface area contributed by atoms with E-state index in [1.807, 2.05) is 36.4 Å². The van der Waals surface area contributed by atoms with Crippen LogP contribution < -0.4 is 0 Å². The van der Waals surface area contributed by atoms with E-state index in [2.05, 4.69) is 54.4 Å². The number of aliphatic hydroxyl groups excluding tert-OH is 1. The molecule has 1 rings (SSSR count). The van der Waals surface area contributed by atoms with Crippen LogP contribution in [0.25, 0.3) is 0 Å². The molecule has 0 bridgehead atoms. The zero-order valence-electron chi connectivity index (χ0n) is 18.3. The van der Waals surface area contributed by atoms with E-state index < -0.39 is 18.0 Å². The molecule has 0 radical (unpaired) electrons. The van der Waals surface area contributed by atoms with Gasteiger partial charge in [0.15, 0.2) is 0 Å². The number of halogens is 1. The quantitative estimate of drug-likeness (QED) is 0.296. The second kappa shape index (κ2) is 16.2. The van der Waals surface area contributed by atoms with Crippen LogP contribution in [0.3, 0.4) is 0 Å². The van der Waals surface area contributed by atoms with E-state index in [-0.39, 0.29) is 0 Å². The summed E-state index contributed by atoms with van der Waals surface area (Å²) in [4.78, 5) is 21.3. The summed E-state index contributed by atoms with van der Waals surface area (Å²) in [5.41, 5.74) is 3.50. The number of nitrogens with zero attached hydrogens (tertiary/aromatic N) is 1. The van der Waals surface area contributed by atoms with Crippen molar-refractivity contribution in [2.45, 2.75) is 32.8 Å². The highest BCUT2D eigenvalue weighted by Crippen LogP contribution is 2.20. The van der Waals surface area contributed by atoms with Crippen molar-refractivity contribution < 1.29 is 24.9 Å². The molecule has 0 heterocycles. The fourth-order valence-electron chi connectivity index (χ4n) is 2.57. The largest absolute Gasteiger partial charge is 0.478 e. The summed E-state index contributed by atoms with van der Waals surface area (Å²) in [6, 6.07) is 7.79. The van der Waals surface area contributed by atoms with Crippen molar-refractivity contribution in [1.82, 2.24) is 4.90 Å². The highest BCUT2D eigenvalue weighted by Gasteiger charge is 2.04. The van der Waals surface area contributed by atoms with Gasteiger partial charge in [0.25, 0.3) is 0 Å². The number of aliphatic hydroxyl groups is 1. The Bertz CT molecular complexity index is 781. The Kier molecular flexibility index (Phi) is 14.9. The van der Waals surface area contributed by atoms with Crippen molar-refractivity contribution >= 4 is 27.9 Å². The first-order chi connectivity index (χ1) is 14.5. The second-order valence-electron chi connectivity index (χ2n) is 7.09. The molecular weight excluding hydrogens is 462 g/mol. The van der Waals surface area contributed by atoms with Crippen LogP contribution in [0.4, 0.5) is 0 Å². The topological polar surface area (TPSA) is 98.1 Å². The van der Waals surface area contributed by atoms with Crippen LogP contribution >= 0.6 is 15.9 Å². The Morgan fingerprint density at radius 3 is 2.13 bits per heavy atom. The zero-order chi connectivity index (χ0) is 23.8. The molecule has 170 valence electrons. The van der Waals surface area contributed by atoms with Crippen LogP contribution in [0.15, 0.2) is 76.8 Å². The zero-order valence-corrected chi connectivity index (χ0v) is 19.9. The van der Waals surface area contributed by atoms with Crippen LogP contribution in [0, 0.1) is 0 Å². The summed E-state index contributed by atoms with van der Waals surface area (Å²) in [5, 5.41) is 25.9. The lowest BCUT2D eigenvalue weighted by Gasteiger charge is -2.14. The maximum absolute atomic E-state index is 10.2. The van der Waals surface area contributed by atoms with Crippen molar-refractivity contribution in [2.75, 3.05) is 20.1 Å². The molecule has 0 spiro atoms. The number of carboxylic acid groups (broad SMARTS) is 2. The first kappa shape index (κ1) is 28.5. The number of carbonyl (C=O) groups is 2. The molecule has 0 aliphatic rings. The molecular formula is C24H32BrNO5. The van der Waals surface area contributed by atoms with Crippen molar-refractivity contribution in [3.63, 3.8) is 0 Å². The SMILES string of the molecule is C=CCN(C)CC(C)=CCCC(C)=CC(O)c1ccc(Br)cc1.O=C(O)C=CC(=O)O. The van der Waals surface area contributed by atoms with Gasteiger partial charge in [0.1, 0.15) is 0 Å². The smallest absolute Gasteiger partial charge is 0.328 e. The van der Waals surface area contributed by atoms with Gasteiger partial charge in [0, 0.05) is 29.7 Å². The molecule has 1 aromatic carbocycles. The van der Waals surface area contributed by atoms with E-state index in [0.29, 0.717) is 12.2 Å². The van der Waals surface area contributed by atoms with Crippen LogP contribution in [-0.2, 0) is 9.59 Å². The van der Waals surface area contributed by atoms with Gasteiger partial charge in [-0.15, -0.1) is 6.58 Å².